The Kier molecular flexibility index (Phi) is 2.85. The lowest BCUT2D eigenvalue weighted by molar-refractivity contribution is 0.282. The number of hydrogen-bond acceptors (Lipinski definition) is 5. The van der Waals surface area contributed by atoms with Gasteiger partial charge in [0.25, 0.3) is 0 Å². The van der Waals surface area contributed by atoms with Gasteiger partial charge in [0.1, 0.15) is 12.7 Å². The highest BCUT2D eigenvalue weighted by atomic mass is 16.3. The topological polar surface area (TPSA) is 75.9 Å². The van der Waals surface area contributed by atoms with E-state index in [1.165, 1.54) is 6.33 Å². The summed E-state index contributed by atoms with van der Waals surface area (Å²) in [6.45, 7) is 0.0111. The molecule has 6 nitrogen and oxygen atoms in total. The maximum absolute atomic E-state index is 9.19. The largest absolute Gasteiger partial charge is 0.392 e. The molecule has 0 bridgehead atoms. The Morgan fingerprint density at radius 1 is 1.26 bits per heavy atom. The van der Waals surface area contributed by atoms with Crippen molar-refractivity contribution in [3.8, 4) is 5.69 Å². The molecule has 6 heteroatoms. The molecule has 0 aliphatic carbocycles. The molecule has 0 aliphatic rings. The van der Waals surface area contributed by atoms with E-state index in [4.69, 9.17) is 0 Å². The predicted molar refractivity (Wildman–Crippen MR) is 72.1 cm³/mol. The zero-order valence-electron chi connectivity index (χ0n) is 10.4. The first-order valence-electron chi connectivity index (χ1n) is 5.89. The van der Waals surface area contributed by atoms with Gasteiger partial charge < -0.3 is 10.4 Å². The van der Waals surface area contributed by atoms with E-state index in [1.807, 2.05) is 28.8 Å². The molecule has 0 spiro atoms. The van der Waals surface area contributed by atoms with Gasteiger partial charge in [0, 0.05) is 12.7 Å². The normalized spacial score (nSPS) is 10.8. The minimum atomic E-state index is 0.0111. The van der Waals surface area contributed by atoms with E-state index in [2.05, 4.69) is 20.3 Å². The fourth-order valence-electron chi connectivity index (χ4n) is 2.01. The molecular weight excluding hydrogens is 242 g/mol. The number of nitrogens with one attached hydrogen (secondary N) is 1. The first-order valence-corrected chi connectivity index (χ1v) is 5.89. The number of nitrogens with zero attached hydrogens (tertiary/aromatic N) is 4. The van der Waals surface area contributed by atoms with Crippen molar-refractivity contribution in [2.45, 2.75) is 6.61 Å². The molecule has 0 saturated carbocycles. The summed E-state index contributed by atoms with van der Waals surface area (Å²) < 4.78 is 1.87. The fourth-order valence-corrected chi connectivity index (χ4v) is 2.01. The van der Waals surface area contributed by atoms with Crippen molar-refractivity contribution in [3.63, 3.8) is 0 Å². The van der Waals surface area contributed by atoms with Crippen molar-refractivity contribution >= 4 is 17.0 Å². The second-order valence-corrected chi connectivity index (χ2v) is 4.09. The van der Waals surface area contributed by atoms with Crippen LogP contribution >= 0.6 is 0 Å². The van der Waals surface area contributed by atoms with Gasteiger partial charge in [-0.2, -0.15) is 0 Å². The summed E-state index contributed by atoms with van der Waals surface area (Å²) in [6, 6.07) is 7.62. The number of aliphatic hydroxyl groups is 1. The zero-order valence-corrected chi connectivity index (χ0v) is 10.4. The van der Waals surface area contributed by atoms with Crippen LogP contribution in [0, 0.1) is 0 Å². The smallest absolute Gasteiger partial charge is 0.170 e. The Hall–Kier alpha value is -2.47. The molecule has 2 N–H and O–H groups in total. The van der Waals surface area contributed by atoms with Crippen LogP contribution in [0.2, 0.25) is 0 Å². The van der Waals surface area contributed by atoms with E-state index >= 15 is 0 Å². The molecule has 2 aromatic heterocycles. The average molecular weight is 255 g/mol. The Labute approximate surface area is 109 Å². The Morgan fingerprint density at radius 3 is 2.95 bits per heavy atom. The summed E-state index contributed by atoms with van der Waals surface area (Å²) in [6.07, 6.45) is 3.21. The molecule has 2 heterocycles. The lowest BCUT2D eigenvalue weighted by Crippen LogP contribution is -1.98. The van der Waals surface area contributed by atoms with Gasteiger partial charge in [0.05, 0.1) is 6.61 Å². The number of hydrogen-bond donors (Lipinski definition) is 2. The van der Waals surface area contributed by atoms with Crippen LogP contribution in [0.1, 0.15) is 5.56 Å². The van der Waals surface area contributed by atoms with Crippen molar-refractivity contribution < 1.29 is 5.11 Å². The van der Waals surface area contributed by atoms with E-state index in [0.29, 0.717) is 5.82 Å². The maximum Gasteiger partial charge on any atom is 0.170 e. The number of benzene rings is 1. The highest BCUT2D eigenvalue weighted by Crippen LogP contribution is 2.20. The van der Waals surface area contributed by atoms with Gasteiger partial charge in [-0.25, -0.2) is 15.0 Å². The molecule has 0 aliphatic heterocycles. The molecule has 3 rings (SSSR count). The first-order chi connectivity index (χ1) is 9.33. The van der Waals surface area contributed by atoms with Crippen LogP contribution in [0.3, 0.4) is 0 Å². The number of fused-ring (bicyclic) bond motifs is 1. The van der Waals surface area contributed by atoms with Crippen molar-refractivity contribution in [1.82, 2.24) is 19.5 Å². The van der Waals surface area contributed by atoms with Crippen LogP contribution in [0.4, 0.5) is 5.82 Å². The number of imidazole rings is 1. The predicted octanol–water partition coefficient (Wildman–Crippen LogP) is 1.35. The van der Waals surface area contributed by atoms with Crippen LogP contribution < -0.4 is 5.32 Å². The van der Waals surface area contributed by atoms with Crippen LogP contribution in [0.5, 0.6) is 0 Å². The third kappa shape index (κ3) is 1.92. The molecule has 0 unspecified atom stereocenters. The van der Waals surface area contributed by atoms with Crippen LogP contribution in [0.15, 0.2) is 36.9 Å². The lowest BCUT2D eigenvalue weighted by Gasteiger charge is -2.05. The molecule has 3 aromatic rings. The molecular formula is C13H13N5O. The second-order valence-electron chi connectivity index (χ2n) is 4.09. The molecule has 96 valence electrons. The first kappa shape index (κ1) is 11.6. The van der Waals surface area contributed by atoms with E-state index in [-0.39, 0.29) is 6.61 Å². The lowest BCUT2D eigenvalue weighted by atomic mass is 10.2. The number of rotatable bonds is 3. The third-order valence-electron chi connectivity index (χ3n) is 2.94. The second kappa shape index (κ2) is 4.66. The Balaban J connectivity index is 2.20. The Morgan fingerprint density at radius 2 is 2.16 bits per heavy atom. The molecule has 19 heavy (non-hydrogen) atoms. The minimum absolute atomic E-state index is 0.0111. The van der Waals surface area contributed by atoms with Crippen molar-refractivity contribution in [2.24, 2.45) is 0 Å². The standard InChI is InChI=1S/C13H13N5O/c1-14-12-11-13(16-7-15-12)18(8-17-11)10-4-2-3-9(5-10)6-19/h2-5,7-8,19H,6H2,1H3,(H,14,15,16). The molecule has 0 atom stereocenters. The summed E-state index contributed by atoms with van der Waals surface area (Å²) in [7, 11) is 1.80. The number of anilines is 1. The number of aromatic nitrogens is 4. The van der Waals surface area contributed by atoms with Gasteiger partial charge >= 0.3 is 0 Å². The summed E-state index contributed by atoms with van der Waals surface area (Å²) >= 11 is 0. The summed E-state index contributed by atoms with van der Waals surface area (Å²) in [5.41, 5.74) is 3.21. The monoisotopic (exact) mass is 255 g/mol. The van der Waals surface area contributed by atoms with Crippen LogP contribution in [-0.2, 0) is 6.61 Å². The van der Waals surface area contributed by atoms with Crippen molar-refractivity contribution in [1.29, 1.82) is 0 Å². The molecule has 0 amide bonds. The molecule has 0 saturated heterocycles. The van der Waals surface area contributed by atoms with Crippen LogP contribution in [0.25, 0.3) is 16.9 Å². The number of aliphatic hydroxyl groups excluding tert-OH is 1. The SMILES string of the molecule is CNc1ncnc2c1ncn2-c1cccc(CO)c1. The maximum atomic E-state index is 9.19. The minimum Gasteiger partial charge on any atom is -0.392 e. The van der Waals surface area contributed by atoms with E-state index in [1.54, 1.807) is 13.4 Å². The van der Waals surface area contributed by atoms with Crippen molar-refractivity contribution in [2.75, 3.05) is 12.4 Å². The van der Waals surface area contributed by atoms with Gasteiger partial charge in [0.2, 0.25) is 0 Å². The molecule has 0 radical (unpaired) electrons. The Bertz CT molecular complexity index is 722. The quantitative estimate of drug-likeness (QED) is 0.738. The summed E-state index contributed by atoms with van der Waals surface area (Å²) in [5.74, 6) is 0.696. The highest BCUT2D eigenvalue weighted by molar-refractivity contribution is 5.83. The fraction of sp³-hybridized carbons (Fsp3) is 0.154. The molecule has 1 aromatic carbocycles. The van der Waals surface area contributed by atoms with Gasteiger partial charge in [-0.05, 0) is 17.7 Å². The van der Waals surface area contributed by atoms with E-state index in [9.17, 15) is 5.11 Å². The van der Waals surface area contributed by atoms with Crippen LogP contribution in [-0.4, -0.2) is 31.7 Å². The van der Waals surface area contributed by atoms with Gasteiger partial charge in [0.15, 0.2) is 17.0 Å². The molecule has 0 fully saturated rings. The summed E-state index contributed by atoms with van der Waals surface area (Å²) in [4.78, 5) is 12.7. The third-order valence-corrected chi connectivity index (χ3v) is 2.94. The van der Waals surface area contributed by atoms with E-state index in [0.717, 1.165) is 22.4 Å². The average Bonchev–Trinajstić information content (AvgIpc) is 2.91. The summed E-state index contributed by atoms with van der Waals surface area (Å²) in [5, 5.41) is 12.2. The van der Waals surface area contributed by atoms with E-state index < -0.39 is 0 Å². The van der Waals surface area contributed by atoms with Gasteiger partial charge in [-0.1, -0.05) is 12.1 Å². The van der Waals surface area contributed by atoms with Crippen molar-refractivity contribution in [3.05, 3.63) is 42.5 Å². The zero-order chi connectivity index (χ0) is 13.2. The van der Waals surface area contributed by atoms with Gasteiger partial charge in [-0.3, -0.25) is 4.57 Å². The van der Waals surface area contributed by atoms with Gasteiger partial charge in [-0.15, -0.1) is 0 Å². The highest BCUT2D eigenvalue weighted by Gasteiger charge is 2.10.